The van der Waals surface area contributed by atoms with E-state index >= 15 is 0 Å². The molecule has 0 bridgehead atoms. The molecule has 0 aliphatic carbocycles. The van der Waals surface area contributed by atoms with E-state index in [0.717, 1.165) is 16.7 Å². The highest BCUT2D eigenvalue weighted by Gasteiger charge is 2.19. The van der Waals surface area contributed by atoms with Gasteiger partial charge in [-0.3, -0.25) is 0 Å². The summed E-state index contributed by atoms with van der Waals surface area (Å²) in [6, 6.07) is 3.90. The lowest BCUT2D eigenvalue weighted by atomic mass is 9.99. The van der Waals surface area contributed by atoms with Crippen LogP contribution in [-0.2, 0) is 18.0 Å². The Bertz CT molecular complexity index is 379. The van der Waals surface area contributed by atoms with Gasteiger partial charge in [-0.05, 0) is 36.2 Å². The molecule has 3 N–H and O–H groups in total. The first-order valence-corrected chi connectivity index (χ1v) is 5.41. The smallest absolute Gasteiger partial charge is 0.125 e. The molecule has 88 valence electrons. The van der Waals surface area contributed by atoms with E-state index in [-0.39, 0.29) is 0 Å². The predicted octanol–water partition coefficient (Wildman–Crippen LogP) is 1.11. The summed E-state index contributed by atoms with van der Waals surface area (Å²) in [6.07, 6.45) is -0.0263. The van der Waals surface area contributed by atoms with Crippen LogP contribution in [-0.4, -0.2) is 18.8 Å². The number of nitrogens with two attached hydrogens (primary N) is 1. The van der Waals surface area contributed by atoms with Crippen molar-refractivity contribution < 1.29 is 14.6 Å². The number of benzene rings is 1. The van der Waals surface area contributed by atoms with Crippen molar-refractivity contribution in [3.8, 4) is 5.75 Å². The van der Waals surface area contributed by atoms with E-state index in [1.807, 2.05) is 12.1 Å². The van der Waals surface area contributed by atoms with Crippen LogP contribution < -0.4 is 10.5 Å². The highest BCUT2D eigenvalue weighted by molar-refractivity contribution is 5.44. The first-order valence-electron chi connectivity index (χ1n) is 5.41. The second kappa shape index (κ2) is 4.82. The van der Waals surface area contributed by atoms with Crippen LogP contribution in [0.15, 0.2) is 12.1 Å². The van der Waals surface area contributed by atoms with Crippen LogP contribution in [0.5, 0.6) is 5.75 Å². The normalized spacial score (nSPS) is 15.9. The molecule has 4 heteroatoms. The second-order valence-electron chi connectivity index (χ2n) is 3.95. The van der Waals surface area contributed by atoms with Crippen molar-refractivity contribution in [3.63, 3.8) is 0 Å². The van der Waals surface area contributed by atoms with Crippen molar-refractivity contribution >= 4 is 0 Å². The van der Waals surface area contributed by atoms with Crippen LogP contribution in [0.1, 0.15) is 29.2 Å². The predicted molar refractivity (Wildman–Crippen MR) is 60.1 cm³/mol. The maximum Gasteiger partial charge on any atom is 0.125 e. The summed E-state index contributed by atoms with van der Waals surface area (Å²) in [5.41, 5.74) is 8.52. The van der Waals surface area contributed by atoms with Gasteiger partial charge in [0.2, 0.25) is 0 Å². The summed E-state index contributed by atoms with van der Waals surface area (Å²) in [4.78, 5) is 0. The number of hydrogen-bond donors (Lipinski definition) is 2. The van der Waals surface area contributed by atoms with Gasteiger partial charge in [0, 0.05) is 5.56 Å². The molecule has 1 unspecified atom stereocenters. The van der Waals surface area contributed by atoms with Crippen LogP contribution in [0.25, 0.3) is 0 Å². The van der Waals surface area contributed by atoms with E-state index < -0.39 is 6.10 Å². The van der Waals surface area contributed by atoms with Crippen molar-refractivity contribution in [1.29, 1.82) is 0 Å². The van der Waals surface area contributed by atoms with E-state index in [9.17, 15) is 5.11 Å². The largest absolute Gasteiger partial charge is 0.496 e. The molecule has 0 saturated carbocycles. The number of hydrogen-bond acceptors (Lipinski definition) is 4. The zero-order chi connectivity index (χ0) is 11.5. The summed E-state index contributed by atoms with van der Waals surface area (Å²) in [5.74, 6) is 0.713. The molecule has 4 nitrogen and oxygen atoms in total. The van der Waals surface area contributed by atoms with E-state index in [1.165, 1.54) is 0 Å². The number of aliphatic hydroxyl groups excluding tert-OH is 1. The SMILES string of the molecule is COc1cc2c(cc1C(O)CCN)COC2. The lowest BCUT2D eigenvalue weighted by Gasteiger charge is -2.15. The first-order chi connectivity index (χ1) is 7.76. The molecule has 0 aromatic heterocycles. The van der Waals surface area contributed by atoms with Crippen molar-refractivity contribution in [1.82, 2.24) is 0 Å². The van der Waals surface area contributed by atoms with Crippen LogP contribution in [0, 0.1) is 0 Å². The number of ether oxygens (including phenoxy) is 2. The molecule has 16 heavy (non-hydrogen) atoms. The Balaban J connectivity index is 2.35. The average Bonchev–Trinajstić information content (AvgIpc) is 2.74. The highest BCUT2D eigenvalue weighted by atomic mass is 16.5. The monoisotopic (exact) mass is 223 g/mol. The Morgan fingerprint density at radius 3 is 2.75 bits per heavy atom. The van der Waals surface area contributed by atoms with Crippen LogP contribution >= 0.6 is 0 Å². The minimum Gasteiger partial charge on any atom is -0.496 e. The maximum absolute atomic E-state index is 9.96. The average molecular weight is 223 g/mol. The molecule has 1 heterocycles. The van der Waals surface area contributed by atoms with Gasteiger partial charge in [-0.1, -0.05) is 0 Å². The molecule has 0 spiro atoms. The van der Waals surface area contributed by atoms with Gasteiger partial charge in [0.25, 0.3) is 0 Å². The summed E-state index contributed by atoms with van der Waals surface area (Å²) in [7, 11) is 1.61. The summed E-state index contributed by atoms with van der Waals surface area (Å²) >= 11 is 0. The zero-order valence-electron chi connectivity index (χ0n) is 9.40. The fraction of sp³-hybridized carbons (Fsp3) is 0.500. The van der Waals surface area contributed by atoms with Crippen LogP contribution in [0.4, 0.5) is 0 Å². The maximum atomic E-state index is 9.96. The second-order valence-corrected chi connectivity index (χ2v) is 3.95. The summed E-state index contributed by atoms with van der Waals surface area (Å²) in [5, 5.41) is 9.96. The molecule has 0 saturated heterocycles. The third kappa shape index (κ3) is 2.04. The van der Waals surface area contributed by atoms with Gasteiger partial charge in [0.05, 0.1) is 26.4 Å². The minimum absolute atomic E-state index is 0.456. The fourth-order valence-electron chi connectivity index (χ4n) is 1.98. The molecular formula is C12H17NO3. The van der Waals surface area contributed by atoms with E-state index in [2.05, 4.69) is 0 Å². The molecule has 1 aliphatic rings. The van der Waals surface area contributed by atoms with Gasteiger partial charge in [-0.15, -0.1) is 0 Å². The van der Waals surface area contributed by atoms with Crippen LogP contribution in [0.2, 0.25) is 0 Å². The number of aliphatic hydroxyl groups is 1. The molecule has 1 aromatic rings. The van der Waals surface area contributed by atoms with Gasteiger partial charge in [-0.2, -0.15) is 0 Å². The minimum atomic E-state index is -0.564. The Kier molecular flexibility index (Phi) is 3.43. The van der Waals surface area contributed by atoms with Gasteiger partial charge in [0.1, 0.15) is 5.75 Å². The topological polar surface area (TPSA) is 64.7 Å². The third-order valence-electron chi connectivity index (χ3n) is 2.87. The Morgan fingerprint density at radius 2 is 2.12 bits per heavy atom. The van der Waals surface area contributed by atoms with Crippen molar-refractivity contribution in [2.45, 2.75) is 25.7 Å². The highest BCUT2D eigenvalue weighted by Crippen LogP contribution is 2.33. The third-order valence-corrected chi connectivity index (χ3v) is 2.87. The molecule has 1 aromatic carbocycles. The lowest BCUT2D eigenvalue weighted by Crippen LogP contribution is -2.08. The van der Waals surface area contributed by atoms with Gasteiger partial charge in [0.15, 0.2) is 0 Å². The lowest BCUT2D eigenvalue weighted by molar-refractivity contribution is 0.134. The molecule has 0 amide bonds. The molecule has 1 aliphatic heterocycles. The standard InChI is InChI=1S/C12H17NO3/c1-15-12-5-9-7-16-6-8(9)4-10(12)11(14)2-3-13/h4-5,11,14H,2-3,6-7,13H2,1H3. The van der Waals surface area contributed by atoms with E-state index in [0.29, 0.717) is 31.9 Å². The Hall–Kier alpha value is -1.10. The molecule has 1 atom stereocenters. The molecule has 0 fully saturated rings. The van der Waals surface area contributed by atoms with Gasteiger partial charge >= 0.3 is 0 Å². The quantitative estimate of drug-likeness (QED) is 0.802. The number of methoxy groups -OCH3 is 1. The van der Waals surface area contributed by atoms with Gasteiger partial charge in [-0.25, -0.2) is 0 Å². The molecule has 2 rings (SSSR count). The van der Waals surface area contributed by atoms with Crippen molar-refractivity contribution in [3.05, 3.63) is 28.8 Å². The molecule has 0 radical (unpaired) electrons. The zero-order valence-corrected chi connectivity index (χ0v) is 9.40. The Morgan fingerprint density at radius 1 is 1.44 bits per heavy atom. The summed E-state index contributed by atoms with van der Waals surface area (Å²) in [6.45, 7) is 1.69. The van der Waals surface area contributed by atoms with Crippen molar-refractivity contribution in [2.75, 3.05) is 13.7 Å². The van der Waals surface area contributed by atoms with E-state index in [1.54, 1.807) is 7.11 Å². The Labute approximate surface area is 95.0 Å². The molecular weight excluding hydrogens is 206 g/mol. The van der Waals surface area contributed by atoms with Crippen LogP contribution in [0.3, 0.4) is 0 Å². The summed E-state index contributed by atoms with van der Waals surface area (Å²) < 4.78 is 10.6. The first kappa shape index (κ1) is 11.4. The van der Waals surface area contributed by atoms with Crippen molar-refractivity contribution in [2.24, 2.45) is 5.73 Å². The van der Waals surface area contributed by atoms with E-state index in [4.69, 9.17) is 15.2 Å². The van der Waals surface area contributed by atoms with Gasteiger partial charge < -0.3 is 20.3 Å². The number of fused-ring (bicyclic) bond motifs is 1. The number of rotatable bonds is 4. The fourth-order valence-corrected chi connectivity index (χ4v) is 1.98.